The van der Waals surface area contributed by atoms with Gasteiger partial charge in [0.2, 0.25) is 0 Å². The lowest BCUT2D eigenvalue weighted by Crippen LogP contribution is -2.30. The molecule has 0 aromatic heterocycles. The van der Waals surface area contributed by atoms with Gasteiger partial charge in [0, 0.05) is 19.3 Å². The first-order valence-corrected chi connectivity index (χ1v) is 33.6. The van der Waals surface area contributed by atoms with E-state index in [0.29, 0.717) is 19.3 Å². The third-order valence-electron chi connectivity index (χ3n) is 14.7. The summed E-state index contributed by atoms with van der Waals surface area (Å²) in [5.41, 5.74) is 0. The average molecular weight is 1090 g/mol. The second-order valence-corrected chi connectivity index (χ2v) is 22.4. The molecule has 6 nitrogen and oxygen atoms in total. The predicted octanol–water partition coefficient (Wildman–Crippen LogP) is 23.1. The molecule has 0 aliphatic heterocycles. The molecule has 450 valence electrons. The molecule has 0 radical (unpaired) electrons. The summed E-state index contributed by atoms with van der Waals surface area (Å²) in [5.74, 6) is -0.880. The van der Waals surface area contributed by atoms with Gasteiger partial charge in [0.05, 0.1) is 0 Å². The molecule has 0 heterocycles. The number of ether oxygens (including phenoxy) is 3. The minimum Gasteiger partial charge on any atom is -0.462 e. The van der Waals surface area contributed by atoms with Gasteiger partial charge in [0.25, 0.3) is 0 Å². The largest absolute Gasteiger partial charge is 0.462 e. The minimum absolute atomic E-state index is 0.0754. The van der Waals surface area contributed by atoms with Gasteiger partial charge in [-0.1, -0.05) is 324 Å². The van der Waals surface area contributed by atoms with Gasteiger partial charge >= 0.3 is 17.9 Å². The standard InChI is InChI=1S/C72H126O6/c1-4-7-10-13-15-17-19-21-23-25-27-29-31-33-34-35-36-37-38-39-41-42-44-46-48-50-52-54-56-59-62-65-71(74)77-68-69(67-76-70(73)64-61-58-12-9-6-3)78-72(75)66-63-60-57-55-53-51-49-47-45-43-40-32-30-28-26-24-22-20-18-16-14-11-8-5-2/h7,10,15,17,21,23,27,29,33-34,36-37,39,41,69H,4-6,8-9,11-14,16,18-20,22,24-26,28,30-32,35,38,40,42-68H2,1-3H3/b10-7-,17-15-,23-21-,29-27-,34-33-,37-36-,41-39-. The highest BCUT2D eigenvalue weighted by Gasteiger charge is 2.19. The van der Waals surface area contributed by atoms with Crippen LogP contribution < -0.4 is 0 Å². The average Bonchev–Trinajstić information content (AvgIpc) is 3.44. The van der Waals surface area contributed by atoms with Crippen molar-refractivity contribution in [1.82, 2.24) is 0 Å². The molecule has 0 rings (SSSR count). The maximum Gasteiger partial charge on any atom is 0.306 e. The fourth-order valence-corrected chi connectivity index (χ4v) is 9.66. The van der Waals surface area contributed by atoms with Crippen LogP contribution in [0.2, 0.25) is 0 Å². The molecule has 78 heavy (non-hydrogen) atoms. The second kappa shape index (κ2) is 66.1. The van der Waals surface area contributed by atoms with E-state index in [4.69, 9.17) is 14.2 Å². The molecule has 0 aromatic carbocycles. The molecule has 0 aliphatic rings. The smallest absolute Gasteiger partial charge is 0.306 e. The molecule has 0 amide bonds. The summed E-state index contributed by atoms with van der Waals surface area (Å²) in [6.45, 7) is 6.48. The first-order valence-electron chi connectivity index (χ1n) is 33.6. The van der Waals surface area contributed by atoms with Gasteiger partial charge in [-0.05, 0) is 77.0 Å². The Bertz CT molecular complexity index is 1480. The summed E-state index contributed by atoms with van der Waals surface area (Å²) in [6, 6.07) is 0. The minimum atomic E-state index is -0.774. The zero-order valence-electron chi connectivity index (χ0n) is 51.7. The van der Waals surface area contributed by atoms with E-state index in [-0.39, 0.29) is 31.1 Å². The van der Waals surface area contributed by atoms with E-state index in [9.17, 15) is 14.4 Å². The van der Waals surface area contributed by atoms with E-state index in [1.165, 1.54) is 180 Å². The van der Waals surface area contributed by atoms with Crippen LogP contribution in [-0.2, 0) is 28.6 Å². The Morgan fingerprint density at radius 3 is 0.782 bits per heavy atom. The zero-order valence-corrected chi connectivity index (χ0v) is 51.7. The molecular weight excluding hydrogens is 961 g/mol. The van der Waals surface area contributed by atoms with Gasteiger partial charge in [-0.25, -0.2) is 0 Å². The van der Waals surface area contributed by atoms with Crippen molar-refractivity contribution >= 4 is 17.9 Å². The number of unbranched alkanes of at least 4 members (excludes halogenated alkanes) is 36. The zero-order chi connectivity index (χ0) is 56.4. The fourth-order valence-electron chi connectivity index (χ4n) is 9.66. The Labute approximate surface area is 484 Å². The van der Waals surface area contributed by atoms with Crippen molar-refractivity contribution in [2.75, 3.05) is 13.2 Å². The van der Waals surface area contributed by atoms with Gasteiger partial charge < -0.3 is 14.2 Å². The van der Waals surface area contributed by atoms with Gasteiger partial charge in [0.1, 0.15) is 13.2 Å². The number of carbonyl (C=O) groups is 3. The summed E-state index contributed by atoms with van der Waals surface area (Å²) >= 11 is 0. The normalized spacial score (nSPS) is 12.6. The summed E-state index contributed by atoms with van der Waals surface area (Å²) in [5, 5.41) is 0. The molecule has 1 unspecified atom stereocenters. The summed E-state index contributed by atoms with van der Waals surface area (Å²) in [7, 11) is 0. The number of carbonyl (C=O) groups excluding carboxylic acids is 3. The summed E-state index contributed by atoms with van der Waals surface area (Å²) in [4.78, 5) is 38.0. The topological polar surface area (TPSA) is 78.9 Å². The van der Waals surface area contributed by atoms with Crippen molar-refractivity contribution in [1.29, 1.82) is 0 Å². The SMILES string of the molecule is CC/C=C\C/C=C\C/C=C\C/C=C\C/C=C\C/C=C\C/C=C\CCCCCCCCCCCC(=O)OCC(COC(=O)CCCCCCC)OC(=O)CCCCCCCCCCCCCCCCCCCCCCCCCC. The second-order valence-electron chi connectivity index (χ2n) is 22.4. The van der Waals surface area contributed by atoms with Crippen LogP contribution in [0.15, 0.2) is 85.1 Å². The number of hydrogen-bond acceptors (Lipinski definition) is 6. The molecule has 0 fully saturated rings. The highest BCUT2D eigenvalue weighted by molar-refractivity contribution is 5.71. The predicted molar refractivity (Wildman–Crippen MR) is 339 cm³/mol. The van der Waals surface area contributed by atoms with Crippen LogP contribution in [0.4, 0.5) is 0 Å². The molecule has 0 saturated carbocycles. The van der Waals surface area contributed by atoms with E-state index in [1.54, 1.807) is 0 Å². The van der Waals surface area contributed by atoms with Crippen LogP contribution in [0.1, 0.15) is 335 Å². The highest BCUT2D eigenvalue weighted by Crippen LogP contribution is 2.18. The van der Waals surface area contributed by atoms with Gasteiger partial charge in [-0.15, -0.1) is 0 Å². The molecule has 0 spiro atoms. The van der Waals surface area contributed by atoms with Crippen LogP contribution in [-0.4, -0.2) is 37.2 Å². The molecule has 0 aliphatic carbocycles. The molecular formula is C72H126O6. The van der Waals surface area contributed by atoms with Crippen LogP contribution in [0.3, 0.4) is 0 Å². The number of rotatable bonds is 61. The summed E-state index contributed by atoms with van der Waals surface area (Å²) in [6.07, 6.45) is 88.0. The lowest BCUT2D eigenvalue weighted by atomic mass is 10.0. The molecule has 6 heteroatoms. The van der Waals surface area contributed by atoms with Crippen LogP contribution in [0, 0.1) is 0 Å². The van der Waals surface area contributed by atoms with E-state index in [1.807, 2.05) is 0 Å². The third kappa shape index (κ3) is 63.4. The van der Waals surface area contributed by atoms with Crippen molar-refractivity contribution in [3.63, 3.8) is 0 Å². The molecule has 0 aromatic rings. The molecule has 0 N–H and O–H groups in total. The molecule has 0 bridgehead atoms. The Morgan fingerprint density at radius 1 is 0.269 bits per heavy atom. The number of allylic oxidation sites excluding steroid dienone is 14. The molecule has 1 atom stereocenters. The lowest BCUT2D eigenvalue weighted by molar-refractivity contribution is -0.167. The first kappa shape index (κ1) is 74.6. The van der Waals surface area contributed by atoms with Gasteiger partial charge in [0.15, 0.2) is 6.10 Å². The maximum absolute atomic E-state index is 12.8. The quantitative estimate of drug-likeness (QED) is 0.0261. The van der Waals surface area contributed by atoms with Gasteiger partial charge in [-0.3, -0.25) is 14.4 Å². The Kier molecular flexibility index (Phi) is 63.2. The Hall–Kier alpha value is -3.41. The molecule has 0 saturated heterocycles. The highest BCUT2D eigenvalue weighted by atomic mass is 16.6. The van der Waals surface area contributed by atoms with Crippen molar-refractivity contribution in [3.8, 4) is 0 Å². The van der Waals surface area contributed by atoms with E-state index in [2.05, 4.69) is 106 Å². The van der Waals surface area contributed by atoms with Crippen LogP contribution in [0.5, 0.6) is 0 Å². The third-order valence-corrected chi connectivity index (χ3v) is 14.7. The van der Waals surface area contributed by atoms with E-state index >= 15 is 0 Å². The van der Waals surface area contributed by atoms with E-state index < -0.39 is 6.10 Å². The number of hydrogen-bond donors (Lipinski definition) is 0. The Morgan fingerprint density at radius 2 is 0.500 bits per heavy atom. The van der Waals surface area contributed by atoms with E-state index in [0.717, 1.165) is 116 Å². The van der Waals surface area contributed by atoms with Crippen molar-refractivity contribution in [3.05, 3.63) is 85.1 Å². The lowest BCUT2D eigenvalue weighted by Gasteiger charge is -2.18. The maximum atomic E-state index is 12.8. The Balaban J connectivity index is 4.02. The monoisotopic (exact) mass is 1090 g/mol. The van der Waals surface area contributed by atoms with Crippen molar-refractivity contribution < 1.29 is 28.6 Å². The fraction of sp³-hybridized carbons (Fsp3) is 0.764. The van der Waals surface area contributed by atoms with Crippen LogP contribution >= 0.6 is 0 Å². The van der Waals surface area contributed by atoms with Crippen molar-refractivity contribution in [2.24, 2.45) is 0 Å². The summed E-state index contributed by atoms with van der Waals surface area (Å²) < 4.78 is 16.8. The van der Waals surface area contributed by atoms with Gasteiger partial charge in [-0.2, -0.15) is 0 Å². The van der Waals surface area contributed by atoms with Crippen molar-refractivity contribution in [2.45, 2.75) is 341 Å². The first-order chi connectivity index (χ1) is 38.5. The van der Waals surface area contributed by atoms with Crippen LogP contribution in [0.25, 0.3) is 0 Å². The number of esters is 3.